The Kier molecular flexibility index (Phi) is 6.22. The van der Waals surface area contributed by atoms with E-state index in [2.05, 4.69) is 35.1 Å². The number of hydrogen-bond acceptors (Lipinski definition) is 4. The lowest BCUT2D eigenvalue weighted by atomic mass is 9.95. The van der Waals surface area contributed by atoms with E-state index in [0.29, 0.717) is 22.2 Å². The Balaban J connectivity index is 1.68. The zero-order chi connectivity index (χ0) is 19.6. The van der Waals surface area contributed by atoms with E-state index < -0.39 is 5.91 Å². The quantitative estimate of drug-likeness (QED) is 0.672. The van der Waals surface area contributed by atoms with Crippen LogP contribution < -0.4 is 15.8 Å². The van der Waals surface area contributed by atoms with Gasteiger partial charge in [0.05, 0.1) is 10.0 Å². The maximum absolute atomic E-state index is 12.4. The van der Waals surface area contributed by atoms with Crippen LogP contribution in [-0.2, 0) is 17.6 Å². The third-order valence-electron chi connectivity index (χ3n) is 4.65. The summed E-state index contributed by atoms with van der Waals surface area (Å²) in [6.07, 6.45) is 3.91. The van der Waals surface area contributed by atoms with E-state index >= 15 is 0 Å². The molecule has 5 nitrogen and oxygen atoms in total. The van der Waals surface area contributed by atoms with Crippen molar-refractivity contribution in [1.82, 2.24) is 0 Å². The SMILES string of the molecule is CC(C)c1ccc(OCC(=O)Nc2sc3c(c2C(N)=O)CCCC3)c(Br)c1. The molecule has 2 amide bonds. The zero-order valence-corrected chi connectivity index (χ0v) is 17.8. The van der Waals surface area contributed by atoms with Gasteiger partial charge in [-0.25, -0.2) is 0 Å². The Hall–Kier alpha value is -1.86. The molecule has 0 unspecified atom stereocenters. The van der Waals surface area contributed by atoms with Crippen LogP contribution in [-0.4, -0.2) is 18.4 Å². The molecule has 144 valence electrons. The minimum atomic E-state index is -0.488. The number of primary amides is 1. The number of carbonyl (C=O) groups excluding carboxylic acids is 2. The smallest absolute Gasteiger partial charge is 0.262 e. The predicted octanol–water partition coefficient (Wildman–Crippen LogP) is 4.63. The van der Waals surface area contributed by atoms with E-state index in [1.807, 2.05) is 18.2 Å². The van der Waals surface area contributed by atoms with Gasteiger partial charge in [0, 0.05) is 4.88 Å². The number of anilines is 1. The standard InChI is InChI=1S/C20H23BrN2O3S/c1-11(2)12-7-8-15(14(21)9-12)26-10-17(24)23-20-18(19(22)25)13-5-3-4-6-16(13)27-20/h7-9,11H,3-6,10H2,1-2H3,(H2,22,25)(H,23,24). The molecule has 1 heterocycles. The average Bonchev–Trinajstić information content (AvgIpc) is 2.98. The molecule has 1 aromatic heterocycles. The molecule has 27 heavy (non-hydrogen) atoms. The first kappa shape index (κ1) is 19.9. The fourth-order valence-corrected chi connectivity index (χ4v) is 5.04. The molecular weight excluding hydrogens is 428 g/mol. The monoisotopic (exact) mass is 450 g/mol. The number of hydrogen-bond donors (Lipinski definition) is 2. The lowest BCUT2D eigenvalue weighted by molar-refractivity contribution is -0.118. The van der Waals surface area contributed by atoms with Crippen LogP contribution >= 0.6 is 27.3 Å². The highest BCUT2D eigenvalue weighted by molar-refractivity contribution is 9.10. The number of thiophene rings is 1. The highest BCUT2D eigenvalue weighted by Crippen LogP contribution is 2.38. The van der Waals surface area contributed by atoms with Gasteiger partial charge in [-0.05, 0) is 70.8 Å². The Bertz CT molecular complexity index is 876. The van der Waals surface area contributed by atoms with Crippen molar-refractivity contribution in [2.24, 2.45) is 5.73 Å². The first-order valence-corrected chi connectivity index (χ1v) is 10.6. The largest absolute Gasteiger partial charge is 0.483 e. The van der Waals surface area contributed by atoms with Crippen molar-refractivity contribution in [2.75, 3.05) is 11.9 Å². The maximum Gasteiger partial charge on any atom is 0.262 e. The third kappa shape index (κ3) is 4.52. The summed E-state index contributed by atoms with van der Waals surface area (Å²) in [5.74, 6) is 0.222. The van der Waals surface area contributed by atoms with Gasteiger partial charge >= 0.3 is 0 Å². The van der Waals surface area contributed by atoms with Gasteiger partial charge in [0.2, 0.25) is 0 Å². The van der Waals surface area contributed by atoms with E-state index in [9.17, 15) is 9.59 Å². The number of rotatable bonds is 6. The number of ether oxygens (including phenoxy) is 1. The highest BCUT2D eigenvalue weighted by Gasteiger charge is 2.25. The molecule has 0 aliphatic heterocycles. The number of nitrogens with one attached hydrogen (secondary N) is 1. The summed E-state index contributed by atoms with van der Waals surface area (Å²) in [5, 5.41) is 3.35. The van der Waals surface area contributed by atoms with Crippen molar-refractivity contribution in [3.8, 4) is 5.75 Å². The number of benzene rings is 1. The molecule has 0 spiro atoms. The minimum Gasteiger partial charge on any atom is -0.483 e. The lowest BCUT2D eigenvalue weighted by Gasteiger charge is -2.12. The first-order valence-electron chi connectivity index (χ1n) is 9.03. The van der Waals surface area contributed by atoms with Crippen LogP contribution in [0.3, 0.4) is 0 Å². The molecule has 0 saturated heterocycles. The van der Waals surface area contributed by atoms with E-state index in [-0.39, 0.29) is 12.5 Å². The molecule has 1 aliphatic rings. The second-order valence-corrected chi connectivity index (χ2v) is 8.92. The predicted molar refractivity (Wildman–Crippen MR) is 112 cm³/mol. The van der Waals surface area contributed by atoms with Crippen molar-refractivity contribution in [3.63, 3.8) is 0 Å². The molecule has 0 atom stereocenters. The average molecular weight is 451 g/mol. The summed E-state index contributed by atoms with van der Waals surface area (Å²) >= 11 is 4.94. The number of halogens is 1. The Morgan fingerprint density at radius 2 is 2.04 bits per heavy atom. The maximum atomic E-state index is 12.4. The Morgan fingerprint density at radius 1 is 1.30 bits per heavy atom. The van der Waals surface area contributed by atoms with Gasteiger partial charge in [-0.2, -0.15) is 0 Å². The van der Waals surface area contributed by atoms with Crippen LogP contribution in [0.2, 0.25) is 0 Å². The second kappa shape index (κ2) is 8.44. The van der Waals surface area contributed by atoms with Crippen LogP contribution in [0.1, 0.15) is 59.0 Å². The van der Waals surface area contributed by atoms with Crippen molar-refractivity contribution >= 4 is 44.1 Å². The fourth-order valence-electron chi connectivity index (χ4n) is 3.21. The summed E-state index contributed by atoms with van der Waals surface area (Å²) in [4.78, 5) is 25.4. The minimum absolute atomic E-state index is 0.138. The topological polar surface area (TPSA) is 81.4 Å². The van der Waals surface area contributed by atoms with Gasteiger partial charge in [-0.15, -0.1) is 11.3 Å². The number of amides is 2. The fraction of sp³-hybridized carbons (Fsp3) is 0.400. The summed E-state index contributed by atoms with van der Waals surface area (Å²) in [6, 6.07) is 5.84. The molecule has 3 rings (SSSR count). The normalized spacial score (nSPS) is 13.3. The lowest BCUT2D eigenvalue weighted by Crippen LogP contribution is -2.22. The summed E-state index contributed by atoms with van der Waals surface area (Å²) in [5.41, 5.74) is 8.22. The van der Waals surface area contributed by atoms with E-state index in [0.717, 1.165) is 40.6 Å². The molecular formula is C20H23BrN2O3S. The van der Waals surface area contributed by atoms with E-state index in [1.165, 1.54) is 16.9 Å². The van der Waals surface area contributed by atoms with Crippen LogP contribution in [0.25, 0.3) is 0 Å². The van der Waals surface area contributed by atoms with Crippen LogP contribution in [0.4, 0.5) is 5.00 Å². The van der Waals surface area contributed by atoms with Crippen molar-refractivity contribution in [2.45, 2.75) is 45.4 Å². The summed E-state index contributed by atoms with van der Waals surface area (Å²) in [6.45, 7) is 4.10. The molecule has 0 fully saturated rings. The molecule has 3 N–H and O–H groups in total. The van der Waals surface area contributed by atoms with Gasteiger partial charge in [0.1, 0.15) is 10.8 Å². The van der Waals surface area contributed by atoms with Crippen molar-refractivity contribution in [3.05, 3.63) is 44.2 Å². The molecule has 1 aromatic carbocycles. The van der Waals surface area contributed by atoms with Crippen LogP contribution in [0, 0.1) is 0 Å². The van der Waals surface area contributed by atoms with Gasteiger partial charge in [0.15, 0.2) is 6.61 Å². The van der Waals surface area contributed by atoms with Gasteiger partial charge < -0.3 is 15.8 Å². The van der Waals surface area contributed by atoms with E-state index in [1.54, 1.807) is 0 Å². The van der Waals surface area contributed by atoms with E-state index in [4.69, 9.17) is 10.5 Å². The molecule has 2 aromatic rings. The van der Waals surface area contributed by atoms with Gasteiger partial charge in [0.25, 0.3) is 11.8 Å². The Morgan fingerprint density at radius 3 is 2.70 bits per heavy atom. The zero-order valence-electron chi connectivity index (χ0n) is 15.4. The number of aryl methyl sites for hydroxylation is 1. The molecule has 0 bridgehead atoms. The Labute approximate surface area is 171 Å². The van der Waals surface area contributed by atoms with Crippen molar-refractivity contribution in [1.29, 1.82) is 0 Å². The summed E-state index contributed by atoms with van der Waals surface area (Å²) < 4.78 is 6.45. The van der Waals surface area contributed by atoms with Crippen LogP contribution in [0.5, 0.6) is 5.75 Å². The highest BCUT2D eigenvalue weighted by atomic mass is 79.9. The number of fused-ring (bicyclic) bond motifs is 1. The number of carbonyl (C=O) groups is 2. The summed E-state index contributed by atoms with van der Waals surface area (Å²) in [7, 11) is 0. The van der Waals surface area contributed by atoms with Gasteiger partial charge in [-0.3, -0.25) is 9.59 Å². The second-order valence-electron chi connectivity index (χ2n) is 6.96. The number of nitrogens with two attached hydrogens (primary N) is 1. The molecule has 7 heteroatoms. The first-order chi connectivity index (χ1) is 12.9. The van der Waals surface area contributed by atoms with Crippen LogP contribution in [0.15, 0.2) is 22.7 Å². The molecule has 0 radical (unpaired) electrons. The van der Waals surface area contributed by atoms with Crippen molar-refractivity contribution < 1.29 is 14.3 Å². The molecule has 1 aliphatic carbocycles. The molecule has 0 saturated carbocycles. The third-order valence-corrected chi connectivity index (χ3v) is 6.48. The van der Waals surface area contributed by atoms with Gasteiger partial charge in [-0.1, -0.05) is 19.9 Å².